The molecule has 0 saturated heterocycles. The van der Waals surface area contributed by atoms with Crippen LogP contribution in [0.3, 0.4) is 0 Å². The third-order valence-corrected chi connectivity index (χ3v) is 4.16. The maximum absolute atomic E-state index is 12.1. The Morgan fingerprint density at radius 2 is 1.77 bits per heavy atom. The molecule has 0 aliphatic rings. The third-order valence-electron chi connectivity index (χ3n) is 3.05. The van der Waals surface area contributed by atoms with E-state index in [1.807, 2.05) is 43.3 Å². The molecule has 4 nitrogen and oxygen atoms in total. The monoisotopic (exact) mass is 314 g/mol. The molecule has 0 bridgehead atoms. The van der Waals surface area contributed by atoms with E-state index in [9.17, 15) is 9.90 Å². The summed E-state index contributed by atoms with van der Waals surface area (Å²) in [4.78, 5) is 13.1. The van der Waals surface area contributed by atoms with Gasteiger partial charge in [0.25, 0.3) is 5.91 Å². The number of nitrogens with one attached hydrogen (secondary N) is 1. The Balaban J connectivity index is 1.97. The molecule has 0 radical (unpaired) electrons. The summed E-state index contributed by atoms with van der Waals surface area (Å²) in [5.74, 6) is -0.0340. The average molecular weight is 314 g/mol. The Labute approximate surface area is 134 Å². The standard InChI is InChI=1S/C17H18N2O2S/c1-12(15-10-6-7-11-16(15)20)18-19-17(21)13(2)22-14-8-4-3-5-9-14/h3-11,13,20H,1-2H3,(H,19,21)/b18-12+. The molecule has 0 saturated carbocycles. The molecule has 0 heterocycles. The fraction of sp³-hybridized carbons (Fsp3) is 0.176. The zero-order valence-corrected chi connectivity index (χ0v) is 13.3. The summed E-state index contributed by atoms with van der Waals surface area (Å²) in [6, 6.07) is 16.6. The molecule has 0 fully saturated rings. The van der Waals surface area contributed by atoms with Crippen molar-refractivity contribution in [1.82, 2.24) is 5.43 Å². The number of hydrazone groups is 1. The second-order valence-corrected chi connectivity index (χ2v) is 6.18. The molecule has 0 spiro atoms. The van der Waals surface area contributed by atoms with E-state index in [1.54, 1.807) is 25.1 Å². The first-order valence-corrected chi connectivity index (χ1v) is 7.80. The lowest BCUT2D eigenvalue weighted by Gasteiger charge is -2.10. The van der Waals surface area contributed by atoms with Crippen LogP contribution in [0.2, 0.25) is 0 Å². The lowest BCUT2D eigenvalue weighted by atomic mass is 10.1. The first-order chi connectivity index (χ1) is 10.6. The molecule has 0 aromatic heterocycles. The van der Waals surface area contributed by atoms with E-state index in [0.29, 0.717) is 11.3 Å². The number of hydrogen-bond acceptors (Lipinski definition) is 4. The average Bonchev–Trinajstić information content (AvgIpc) is 2.53. The molecule has 5 heteroatoms. The molecule has 0 aliphatic heterocycles. The van der Waals surface area contributed by atoms with Crippen LogP contribution in [0.1, 0.15) is 19.4 Å². The smallest absolute Gasteiger partial charge is 0.253 e. The zero-order chi connectivity index (χ0) is 15.9. The summed E-state index contributed by atoms with van der Waals surface area (Å²) in [5.41, 5.74) is 3.71. The van der Waals surface area contributed by atoms with Crippen LogP contribution in [-0.2, 0) is 4.79 Å². The number of phenolic OH excluding ortho intramolecular Hbond substituents is 1. The lowest BCUT2D eigenvalue weighted by molar-refractivity contribution is -0.120. The van der Waals surface area contributed by atoms with Gasteiger partial charge in [-0.15, -0.1) is 11.8 Å². The second kappa shape index (κ2) is 7.66. The number of thioether (sulfide) groups is 1. The predicted octanol–water partition coefficient (Wildman–Crippen LogP) is 3.41. The number of para-hydroxylation sites is 1. The van der Waals surface area contributed by atoms with E-state index >= 15 is 0 Å². The molecule has 2 aromatic rings. The number of amides is 1. The van der Waals surface area contributed by atoms with Gasteiger partial charge in [-0.1, -0.05) is 30.3 Å². The molecule has 22 heavy (non-hydrogen) atoms. The minimum atomic E-state index is -0.261. The van der Waals surface area contributed by atoms with Crippen LogP contribution in [0.4, 0.5) is 0 Å². The van der Waals surface area contributed by atoms with Crippen LogP contribution in [0.5, 0.6) is 5.75 Å². The van der Waals surface area contributed by atoms with Crippen molar-refractivity contribution in [3.05, 3.63) is 60.2 Å². The maximum Gasteiger partial charge on any atom is 0.253 e. The Kier molecular flexibility index (Phi) is 5.61. The van der Waals surface area contributed by atoms with Crippen molar-refractivity contribution < 1.29 is 9.90 Å². The number of hydrogen-bond donors (Lipinski definition) is 2. The minimum Gasteiger partial charge on any atom is -0.507 e. The molecule has 114 valence electrons. The summed E-state index contributed by atoms with van der Waals surface area (Å²) in [5, 5.41) is 13.6. The highest BCUT2D eigenvalue weighted by Crippen LogP contribution is 2.22. The Morgan fingerprint density at radius 1 is 1.14 bits per heavy atom. The SMILES string of the molecule is C/C(=N\NC(=O)C(C)Sc1ccccc1)c1ccccc1O. The van der Waals surface area contributed by atoms with Crippen molar-refractivity contribution in [2.24, 2.45) is 5.10 Å². The quantitative estimate of drug-likeness (QED) is 0.505. The summed E-state index contributed by atoms with van der Waals surface area (Å²) in [6.45, 7) is 3.57. The first kappa shape index (κ1) is 16.1. The van der Waals surface area contributed by atoms with Gasteiger partial charge in [0, 0.05) is 10.5 Å². The van der Waals surface area contributed by atoms with Gasteiger partial charge in [-0.3, -0.25) is 4.79 Å². The Morgan fingerprint density at radius 3 is 2.45 bits per heavy atom. The summed E-state index contributed by atoms with van der Waals surface area (Å²) in [6.07, 6.45) is 0. The van der Waals surface area contributed by atoms with Crippen molar-refractivity contribution in [3.8, 4) is 5.75 Å². The van der Waals surface area contributed by atoms with Gasteiger partial charge in [-0.05, 0) is 38.1 Å². The van der Waals surface area contributed by atoms with Crippen LogP contribution in [0.15, 0.2) is 64.6 Å². The van der Waals surface area contributed by atoms with Gasteiger partial charge in [0.05, 0.1) is 11.0 Å². The number of carbonyl (C=O) groups is 1. The number of carbonyl (C=O) groups excluding carboxylic acids is 1. The summed E-state index contributed by atoms with van der Waals surface area (Å²) >= 11 is 1.47. The van der Waals surface area contributed by atoms with Crippen molar-refractivity contribution in [3.63, 3.8) is 0 Å². The van der Waals surface area contributed by atoms with E-state index in [-0.39, 0.29) is 16.9 Å². The van der Waals surface area contributed by atoms with Crippen LogP contribution in [-0.4, -0.2) is 22.0 Å². The molecule has 2 aromatic carbocycles. The number of benzene rings is 2. The topological polar surface area (TPSA) is 61.7 Å². The fourth-order valence-corrected chi connectivity index (χ4v) is 2.71. The zero-order valence-electron chi connectivity index (χ0n) is 12.5. The van der Waals surface area contributed by atoms with Crippen LogP contribution < -0.4 is 5.43 Å². The van der Waals surface area contributed by atoms with Gasteiger partial charge >= 0.3 is 0 Å². The van der Waals surface area contributed by atoms with Crippen molar-refractivity contribution in [2.45, 2.75) is 24.0 Å². The van der Waals surface area contributed by atoms with Crippen LogP contribution >= 0.6 is 11.8 Å². The normalized spacial score (nSPS) is 12.7. The second-order valence-electron chi connectivity index (χ2n) is 4.76. The number of phenols is 1. The number of aromatic hydroxyl groups is 1. The van der Waals surface area contributed by atoms with Gasteiger partial charge in [-0.2, -0.15) is 5.10 Å². The number of rotatable bonds is 5. The summed E-state index contributed by atoms with van der Waals surface area (Å²) in [7, 11) is 0. The molecule has 1 amide bonds. The van der Waals surface area contributed by atoms with E-state index in [4.69, 9.17) is 0 Å². The van der Waals surface area contributed by atoms with Gasteiger partial charge in [0.2, 0.25) is 0 Å². The van der Waals surface area contributed by atoms with Gasteiger partial charge in [0.1, 0.15) is 5.75 Å². The highest BCUT2D eigenvalue weighted by atomic mass is 32.2. The van der Waals surface area contributed by atoms with Gasteiger partial charge < -0.3 is 5.11 Å². The molecule has 0 aliphatic carbocycles. The van der Waals surface area contributed by atoms with E-state index < -0.39 is 0 Å². The van der Waals surface area contributed by atoms with Crippen LogP contribution in [0, 0.1) is 0 Å². The third kappa shape index (κ3) is 4.36. The molecule has 2 rings (SSSR count). The highest BCUT2D eigenvalue weighted by Gasteiger charge is 2.14. The van der Waals surface area contributed by atoms with E-state index in [2.05, 4.69) is 10.5 Å². The molecular formula is C17H18N2O2S. The lowest BCUT2D eigenvalue weighted by Crippen LogP contribution is -2.27. The fourth-order valence-electron chi connectivity index (χ4n) is 1.83. The first-order valence-electron chi connectivity index (χ1n) is 6.92. The maximum atomic E-state index is 12.1. The molecule has 2 N–H and O–H groups in total. The van der Waals surface area contributed by atoms with Gasteiger partial charge in [0.15, 0.2) is 0 Å². The largest absolute Gasteiger partial charge is 0.507 e. The van der Waals surface area contributed by atoms with Crippen molar-refractivity contribution in [2.75, 3.05) is 0 Å². The number of nitrogens with zero attached hydrogens (tertiary/aromatic N) is 1. The molecular weight excluding hydrogens is 296 g/mol. The Bertz CT molecular complexity index is 671. The van der Waals surface area contributed by atoms with E-state index in [1.165, 1.54) is 11.8 Å². The minimum absolute atomic E-state index is 0.143. The Hall–Kier alpha value is -2.27. The van der Waals surface area contributed by atoms with Gasteiger partial charge in [-0.25, -0.2) is 5.43 Å². The van der Waals surface area contributed by atoms with Crippen LogP contribution in [0.25, 0.3) is 0 Å². The molecule has 1 unspecified atom stereocenters. The highest BCUT2D eigenvalue weighted by molar-refractivity contribution is 8.00. The van der Waals surface area contributed by atoms with Crippen molar-refractivity contribution in [1.29, 1.82) is 0 Å². The molecule has 1 atom stereocenters. The van der Waals surface area contributed by atoms with Crippen molar-refractivity contribution >= 4 is 23.4 Å². The predicted molar refractivity (Wildman–Crippen MR) is 90.2 cm³/mol. The summed E-state index contributed by atoms with van der Waals surface area (Å²) < 4.78 is 0. The van der Waals surface area contributed by atoms with E-state index in [0.717, 1.165) is 4.90 Å².